The van der Waals surface area contributed by atoms with Gasteiger partial charge in [-0.2, -0.15) is 5.48 Å². The fourth-order valence-corrected chi connectivity index (χ4v) is 2.72. The van der Waals surface area contributed by atoms with Crippen molar-refractivity contribution in [3.8, 4) is 22.8 Å². The minimum atomic E-state index is -4.70. The van der Waals surface area contributed by atoms with Gasteiger partial charge in [0.05, 0.1) is 5.69 Å². The van der Waals surface area contributed by atoms with Gasteiger partial charge in [0.1, 0.15) is 11.5 Å². The molecule has 0 aliphatic carbocycles. The predicted molar refractivity (Wildman–Crippen MR) is 103 cm³/mol. The molecule has 1 heterocycles. The van der Waals surface area contributed by atoms with Crippen LogP contribution in [-0.4, -0.2) is 18.4 Å². The van der Waals surface area contributed by atoms with Gasteiger partial charge in [0, 0.05) is 31.9 Å². The lowest BCUT2D eigenvalue weighted by atomic mass is 10.1. The SMILES string of the molecule is CNOc1cccc(CNCc2ccc(-c3ccc(OC(F)(F)F)cc3)nc2)c1. The van der Waals surface area contributed by atoms with Crippen LogP contribution in [0.25, 0.3) is 11.3 Å². The number of rotatable bonds is 8. The molecule has 29 heavy (non-hydrogen) atoms. The first-order valence-electron chi connectivity index (χ1n) is 8.87. The Hall–Kier alpha value is -3.10. The Kier molecular flexibility index (Phi) is 6.69. The molecule has 0 saturated heterocycles. The lowest BCUT2D eigenvalue weighted by molar-refractivity contribution is -0.274. The average molecular weight is 403 g/mol. The summed E-state index contributed by atoms with van der Waals surface area (Å²) in [6.45, 7) is 1.30. The number of alkyl halides is 3. The fraction of sp³-hybridized carbons (Fsp3) is 0.190. The summed E-state index contributed by atoms with van der Waals surface area (Å²) in [4.78, 5) is 9.63. The van der Waals surface area contributed by atoms with Gasteiger partial charge < -0.3 is 14.9 Å². The van der Waals surface area contributed by atoms with Crippen LogP contribution in [-0.2, 0) is 13.1 Å². The van der Waals surface area contributed by atoms with Crippen LogP contribution < -0.4 is 20.4 Å². The number of hydroxylamine groups is 1. The van der Waals surface area contributed by atoms with E-state index in [1.807, 2.05) is 36.4 Å². The molecule has 0 saturated carbocycles. The second-order valence-corrected chi connectivity index (χ2v) is 6.18. The molecule has 0 atom stereocenters. The number of nitrogens with zero attached hydrogens (tertiary/aromatic N) is 1. The molecule has 3 aromatic rings. The number of aromatic nitrogens is 1. The highest BCUT2D eigenvalue weighted by Gasteiger charge is 2.30. The molecular formula is C21H20F3N3O2. The summed E-state index contributed by atoms with van der Waals surface area (Å²) in [6, 6.07) is 17.1. The molecule has 5 nitrogen and oxygen atoms in total. The fourth-order valence-electron chi connectivity index (χ4n) is 2.72. The minimum absolute atomic E-state index is 0.258. The molecule has 0 amide bonds. The number of nitrogens with one attached hydrogen (secondary N) is 2. The standard InChI is InChI=1S/C21H20F3N3O2/c1-25-29-19-4-2-3-15(11-19)12-26-13-16-5-10-20(27-14-16)17-6-8-18(9-7-17)28-21(22,23)24/h2-11,14,25-26H,12-13H2,1H3. The van der Waals surface area contributed by atoms with Crippen molar-refractivity contribution in [2.24, 2.45) is 0 Å². The van der Waals surface area contributed by atoms with E-state index >= 15 is 0 Å². The number of benzene rings is 2. The Bertz CT molecular complexity index is 914. The molecular weight excluding hydrogens is 383 g/mol. The quantitative estimate of drug-likeness (QED) is 0.545. The van der Waals surface area contributed by atoms with Crippen LogP contribution in [0.1, 0.15) is 11.1 Å². The largest absolute Gasteiger partial charge is 0.573 e. The Balaban J connectivity index is 1.54. The van der Waals surface area contributed by atoms with Crippen molar-refractivity contribution < 1.29 is 22.7 Å². The van der Waals surface area contributed by atoms with E-state index in [1.54, 1.807) is 25.4 Å². The van der Waals surface area contributed by atoms with E-state index in [4.69, 9.17) is 4.84 Å². The van der Waals surface area contributed by atoms with E-state index in [0.717, 1.165) is 16.9 Å². The first kappa shape index (κ1) is 20.6. The molecule has 2 aromatic carbocycles. The molecule has 0 spiro atoms. The van der Waals surface area contributed by atoms with Crippen molar-refractivity contribution in [3.05, 3.63) is 78.0 Å². The number of hydrogen-bond donors (Lipinski definition) is 2. The number of hydrogen-bond acceptors (Lipinski definition) is 5. The Morgan fingerprint density at radius 1 is 0.897 bits per heavy atom. The molecule has 1 aromatic heterocycles. The summed E-state index contributed by atoms with van der Waals surface area (Å²) in [5, 5.41) is 3.34. The third-order valence-electron chi connectivity index (χ3n) is 3.99. The Morgan fingerprint density at radius 3 is 2.31 bits per heavy atom. The van der Waals surface area contributed by atoms with Gasteiger partial charge in [0.15, 0.2) is 0 Å². The molecule has 152 valence electrons. The predicted octanol–water partition coefficient (Wildman–Crippen LogP) is 4.45. The van der Waals surface area contributed by atoms with Crippen molar-refractivity contribution in [1.29, 1.82) is 0 Å². The van der Waals surface area contributed by atoms with E-state index in [2.05, 4.69) is 20.5 Å². The number of ether oxygens (including phenoxy) is 1. The normalized spacial score (nSPS) is 11.3. The van der Waals surface area contributed by atoms with Gasteiger partial charge in [-0.15, -0.1) is 13.2 Å². The van der Waals surface area contributed by atoms with Crippen LogP contribution in [0.4, 0.5) is 13.2 Å². The number of halogens is 3. The van der Waals surface area contributed by atoms with Gasteiger partial charge >= 0.3 is 6.36 Å². The maximum absolute atomic E-state index is 12.2. The highest BCUT2D eigenvalue weighted by Crippen LogP contribution is 2.25. The van der Waals surface area contributed by atoms with Crippen LogP contribution >= 0.6 is 0 Å². The summed E-state index contributed by atoms with van der Waals surface area (Å²) in [5.41, 5.74) is 6.10. The van der Waals surface area contributed by atoms with Gasteiger partial charge in [-0.3, -0.25) is 4.98 Å². The second-order valence-electron chi connectivity index (χ2n) is 6.18. The lowest BCUT2D eigenvalue weighted by Crippen LogP contribution is -2.16. The van der Waals surface area contributed by atoms with E-state index in [1.165, 1.54) is 12.1 Å². The Labute approximate surface area is 166 Å². The molecule has 2 N–H and O–H groups in total. The highest BCUT2D eigenvalue weighted by molar-refractivity contribution is 5.60. The first-order valence-corrected chi connectivity index (χ1v) is 8.87. The van der Waals surface area contributed by atoms with Gasteiger partial charge in [-0.05, 0) is 53.6 Å². The zero-order valence-electron chi connectivity index (χ0n) is 15.7. The molecule has 0 fully saturated rings. The number of pyridine rings is 1. The first-order chi connectivity index (χ1) is 13.9. The van der Waals surface area contributed by atoms with Crippen LogP contribution in [0.5, 0.6) is 11.5 Å². The van der Waals surface area contributed by atoms with E-state index < -0.39 is 6.36 Å². The van der Waals surface area contributed by atoms with Crippen molar-refractivity contribution in [1.82, 2.24) is 15.8 Å². The molecule has 3 rings (SSSR count). The topological polar surface area (TPSA) is 55.4 Å². The zero-order valence-corrected chi connectivity index (χ0v) is 15.7. The summed E-state index contributed by atoms with van der Waals surface area (Å²) < 4.78 is 40.5. The van der Waals surface area contributed by atoms with E-state index in [-0.39, 0.29) is 5.75 Å². The van der Waals surface area contributed by atoms with E-state index in [0.29, 0.717) is 24.3 Å². The molecule has 0 aliphatic rings. The van der Waals surface area contributed by atoms with E-state index in [9.17, 15) is 13.2 Å². The van der Waals surface area contributed by atoms with Crippen LogP contribution in [0.15, 0.2) is 66.9 Å². The van der Waals surface area contributed by atoms with Crippen molar-refractivity contribution in [2.45, 2.75) is 19.5 Å². The summed E-state index contributed by atoms with van der Waals surface area (Å²) in [6.07, 6.45) is -2.96. The van der Waals surface area contributed by atoms with Gasteiger partial charge in [0.25, 0.3) is 0 Å². The molecule has 8 heteroatoms. The molecule has 0 bridgehead atoms. The summed E-state index contributed by atoms with van der Waals surface area (Å²) >= 11 is 0. The Morgan fingerprint density at radius 2 is 1.66 bits per heavy atom. The molecule has 0 radical (unpaired) electrons. The zero-order chi connectivity index (χ0) is 20.7. The highest BCUT2D eigenvalue weighted by atomic mass is 19.4. The third kappa shape index (κ3) is 6.48. The average Bonchev–Trinajstić information content (AvgIpc) is 2.69. The van der Waals surface area contributed by atoms with Crippen LogP contribution in [0, 0.1) is 0 Å². The molecule has 0 unspecified atom stereocenters. The van der Waals surface area contributed by atoms with Crippen LogP contribution in [0.3, 0.4) is 0 Å². The molecule has 0 aliphatic heterocycles. The van der Waals surface area contributed by atoms with Crippen molar-refractivity contribution >= 4 is 0 Å². The monoisotopic (exact) mass is 403 g/mol. The van der Waals surface area contributed by atoms with Gasteiger partial charge in [-0.25, -0.2) is 0 Å². The van der Waals surface area contributed by atoms with Crippen LogP contribution in [0.2, 0.25) is 0 Å². The second kappa shape index (κ2) is 9.40. The van der Waals surface area contributed by atoms with Gasteiger partial charge in [-0.1, -0.05) is 18.2 Å². The maximum atomic E-state index is 12.2. The lowest BCUT2D eigenvalue weighted by Gasteiger charge is -2.10. The minimum Gasteiger partial charge on any atom is -0.409 e. The third-order valence-corrected chi connectivity index (χ3v) is 3.99. The maximum Gasteiger partial charge on any atom is 0.573 e. The van der Waals surface area contributed by atoms with Crippen molar-refractivity contribution in [2.75, 3.05) is 7.05 Å². The van der Waals surface area contributed by atoms with Gasteiger partial charge in [0.2, 0.25) is 0 Å². The summed E-state index contributed by atoms with van der Waals surface area (Å²) in [5.74, 6) is 0.482. The smallest absolute Gasteiger partial charge is 0.409 e. The summed E-state index contributed by atoms with van der Waals surface area (Å²) in [7, 11) is 1.70. The van der Waals surface area contributed by atoms with Crippen molar-refractivity contribution in [3.63, 3.8) is 0 Å².